The van der Waals surface area contributed by atoms with E-state index < -0.39 is 18.1 Å². The second-order valence-electron chi connectivity index (χ2n) is 8.70. The van der Waals surface area contributed by atoms with Gasteiger partial charge in [0.15, 0.2) is 0 Å². The lowest BCUT2D eigenvalue weighted by atomic mass is 9.98. The Hall–Kier alpha value is -3.61. The number of hydrogen-bond acceptors (Lipinski definition) is 4. The summed E-state index contributed by atoms with van der Waals surface area (Å²) in [5.74, 6) is -1.33. The van der Waals surface area contributed by atoms with Crippen molar-refractivity contribution in [1.82, 2.24) is 10.2 Å². The topological polar surface area (TPSA) is 95.9 Å². The van der Waals surface area contributed by atoms with Crippen LogP contribution in [0.3, 0.4) is 0 Å². The predicted molar refractivity (Wildman–Crippen MR) is 128 cm³/mol. The molecular formula is C27H30N2O5. The second kappa shape index (κ2) is 11.0. The molecule has 34 heavy (non-hydrogen) atoms. The van der Waals surface area contributed by atoms with Crippen LogP contribution in [0, 0.1) is 0 Å². The molecule has 1 aliphatic heterocycles. The standard InChI is InChI=1S/C27H30N2O5/c30-25(29-17-8-2-1-3-14-24(29)26(31)32)15-9-16-28-27(33)34-18-23-21-12-6-4-10-19(21)20-11-5-7-13-22(20)23/h4-7,9-13,15,23-24H,1-3,8,14,16-18H2,(H,28,33)(H,31,32)/b15-9+. The van der Waals surface area contributed by atoms with Crippen LogP contribution in [-0.2, 0) is 14.3 Å². The molecule has 4 rings (SSSR count). The number of hydrogen-bond donors (Lipinski definition) is 2. The predicted octanol–water partition coefficient (Wildman–Crippen LogP) is 4.33. The molecule has 1 fully saturated rings. The van der Waals surface area contributed by atoms with Crippen molar-refractivity contribution in [2.24, 2.45) is 0 Å². The first-order valence-corrected chi connectivity index (χ1v) is 11.8. The number of benzene rings is 2. The van der Waals surface area contributed by atoms with Gasteiger partial charge in [-0.05, 0) is 35.1 Å². The van der Waals surface area contributed by atoms with Gasteiger partial charge in [0.2, 0.25) is 5.91 Å². The van der Waals surface area contributed by atoms with Crippen LogP contribution in [0.4, 0.5) is 4.79 Å². The molecule has 1 saturated heterocycles. The molecule has 1 heterocycles. The van der Waals surface area contributed by atoms with E-state index in [1.807, 2.05) is 24.3 Å². The van der Waals surface area contributed by atoms with Crippen molar-refractivity contribution in [3.63, 3.8) is 0 Å². The molecule has 2 aromatic rings. The Morgan fingerprint density at radius 2 is 1.62 bits per heavy atom. The molecular weight excluding hydrogens is 432 g/mol. The molecule has 1 atom stereocenters. The number of amides is 2. The lowest BCUT2D eigenvalue weighted by Gasteiger charge is -2.30. The molecule has 1 unspecified atom stereocenters. The fourth-order valence-electron chi connectivity index (χ4n) is 4.85. The third-order valence-corrected chi connectivity index (χ3v) is 6.54. The number of carbonyl (C=O) groups is 3. The number of ether oxygens (including phenoxy) is 1. The molecule has 2 N–H and O–H groups in total. The van der Waals surface area contributed by atoms with Crippen LogP contribution in [-0.4, -0.2) is 53.7 Å². The lowest BCUT2D eigenvalue weighted by Crippen LogP contribution is -2.45. The van der Waals surface area contributed by atoms with Crippen molar-refractivity contribution in [1.29, 1.82) is 0 Å². The monoisotopic (exact) mass is 462 g/mol. The fraction of sp³-hybridized carbons (Fsp3) is 0.370. The molecule has 0 saturated carbocycles. The minimum atomic E-state index is -0.972. The Morgan fingerprint density at radius 3 is 2.29 bits per heavy atom. The van der Waals surface area contributed by atoms with E-state index in [0.29, 0.717) is 13.0 Å². The van der Waals surface area contributed by atoms with Crippen LogP contribution >= 0.6 is 0 Å². The summed E-state index contributed by atoms with van der Waals surface area (Å²) in [5, 5.41) is 12.1. The number of carboxylic acid groups (broad SMARTS) is 1. The van der Waals surface area contributed by atoms with Crippen LogP contribution in [0.2, 0.25) is 0 Å². The number of likely N-dealkylation sites (tertiary alicyclic amines) is 1. The van der Waals surface area contributed by atoms with Gasteiger partial charge in [0.25, 0.3) is 0 Å². The normalized spacial score (nSPS) is 18.0. The first-order chi connectivity index (χ1) is 16.6. The Kier molecular flexibility index (Phi) is 7.62. The zero-order chi connectivity index (χ0) is 23.9. The zero-order valence-electron chi connectivity index (χ0n) is 19.1. The van der Waals surface area contributed by atoms with Gasteiger partial charge in [-0.2, -0.15) is 0 Å². The van der Waals surface area contributed by atoms with Crippen molar-refractivity contribution in [3.05, 3.63) is 71.8 Å². The van der Waals surface area contributed by atoms with Gasteiger partial charge >= 0.3 is 12.1 Å². The number of carboxylic acids is 1. The van der Waals surface area contributed by atoms with Gasteiger partial charge in [-0.3, -0.25) is 4.79 Å². The second-order valence-corrected chi connectivity index (χ2v) is 8.70. The number of aliphatic carboxylic acids is 1. The molecule has 178 valence electrons. The van der Waals surface area contributed by atoms with Crippen LogP contribution in [0.5, 0.6) is 0 Å². The summed E-state index contributed by atoms with van der Waals surface area (Å²) in [4.78, 5) is 37.9. The maximum atomic E-state index is 12.6. The Bertz CT molecular complexity index is 1030. The number of alkyl carbamates (subject to hydrolysis) is 1. The summed E-state index contributed by atoms with van der Waals surface area (Å²) in [7, 11) is 0. The van der Waals surface area contributed by atoms with Crippen molar-refractivity contribution < 1.29 is 24.2 Å². The summed E-state index contributed by atoms with van der Waals surface area (Å²) >= 11 is 0. The van der Waals surface area contributed by atoms with Crippen molar-refractivity contribution in [2.75, 3.05) is 19.7 Å². The van der Waals surface area contributed by atoms with E-state index in [2.05, 4.69) is 29.6 Å². The fourth-order valence-corrected chi connectivity index (χ4v) is 4.85. The first kappa shape index (κ1) is 23.5. The van der Waals surface area contributed by atoms with Crippen LogP contribution in [0.15, 0.2) is 60.7 Å². The maximum absolute atomic E-state index is 12.6. The third-order valence-electron chi connectivity index (χ3n) is 6.54. The molecule has 7 nitrogen and oxygen atoms in total. The third kappa shape index (κ3) is 5.30. The van der Waals surface area contributed by atoms with E-state index in [1.54, 1.807) is 0 Å². The molecule has 1 aliphatic carbocycles. The minimum Gasteiger partial charge on any atom is -0.480 e. The highest BCUT2D eigenvalue weighted by atomic mass is 16.5. The van der Waals surface area contributed by atoms with Crippen molar-refractivity contribution in [3.8, 4) is 11.1 Å². The van der Waals surface area contributed by atoms with E-state index in [0.717, 1.165) is 47.9 Å². The number of nitrogens with zero attached hydrogens (tertiary/aromatic N) is 1. The van der Waals surface area contributed by atoms with Gasteiger partial charge in [0, 0.05) is 25.1 Å². The van der Waals surface area contributed by atoms with Gasteiger partial charge in [0.1, 0.15) is 12.6 Å². The molecule has 0 spiro atoms. The minimum absolute atomic E-state index is 0.0182. The van der Waals surface area contributed by atoms with Crippen molar-refractivity contribution >= 4 is 18.0 Å². The van der Waals surface area contributed by atoms with Gasteiger partial charge in [-0.15, -0.1) is 0 Å². The number of fused-ring (bicyclic) bond motifs is 3. The van der Waals surface area contributed by atoms with Crippen LogP contribution in [0.25, 0.3) is 11.1 Å². The zero-order valence-corrected chi connectivity index (χ0v) is 19.1. The van der Waals surface area contributed by atoms with E-state index in [-0.39, 0.29) is 25.0 Å². The number of carbonyl (C=O) groups excluding carboxylic acids is 2. The first-order valence-electron chi connectivity index (χ1n) is 11.8. The average molecular weight is 463 g/mol. The molecule has 0 bridgehead atoms. The highest BCUT2D eigenvalue weighted by molar-refractivity contribution is 5.91. The van der Waals surface area contributed by atoms with Gasteiger partial charge < -0.3 is 20.1 Å². The SMILES string of the molecule is O=C(NC/C=C/C(=O)N1CCCCCCC1C(=O)O)OCC1c2ccccc2-c2ccccc21. The Labute approximate surface area is 199 Å². The molecule has 2 aromatic carbocycles. The van der Waals surface area contributed by atoms with E-state index >= 15 is 0 Å². The summed E-state index contributed by atoms with van der Waals surface area (Å²) in [6.07, 6.45) is 6.34. The molecule has 0 aromatic heterocycles. The van der Waals surface area contributed by atoms with Gasteiger partial charge in [-0.25, -0.2) is 9.59 Å². The van der Waals surface area contributed by atoms with Crippen LogP contribution in [0.1, 0.15) is 49.1 Å². The summed E-state index contributed by atoms with van der Waals surface area (Å²) in [6, 6.07) is 15.5. The Balaban J connectivity index is 1.28. The number of nitrogens with one attached hydrogen (secondary N) is 1. The van der Waals surface area contributed by atoms with E-state index in [1.165, 1.54) is 17.1 Å². The highest BCUT2D eigenvalue weighted by Crippen LogP contribution is 2.44. The highest BCUT2D eigenvalue weighted by Gasteiger charge is 2.30. The van der Waals surface area contributed by atoms with Crippen LogP contribution < -0.4 is 5.32 Å². The largest absolute Gasteiger partial charge is 0.480 e. The smallest absolute Gasteiger partial charge is 0.407 e. The van der Waals surface area contributed by atoms with Gasteiger partial charge in [-0.1, -0.05) is 73.9 Å². The van der Waals surface area contributed by atoms with E-state index in [9.17, 15) is 19.5 Å². The summed E-state index contributed by atoms with van der Waals surface area (Å²) in [6.45, 7) is 0.768. The van der Waals surface area contributed by atoms with Gasteiger partial charge in [0.05, 0.1) is 0 Å². The summed E-state index contributed by atoms with van der Waals surface area (Å²) < 4.78 is 5.48. The molecule has 7 heteroatoms. The number of rotatable bonds is 6. The summed E-state index contributed by atoms with van der Waals surface area (Å²) in [5.41, 5.74) is 4.61. The molecule has 0 radical (unpaired) electrons. The average Bonchev–Trinajstić information content (AvgIpc) is 3.14. The molecule has 2 aliphatic rings. The molecule has 2 amide bonds. The quantitative estimate of drug-likeness (QED) is 0.623. The lowest BCUT2D eigenvalue weighted by molar-refractivity contribution is -0.149. The maximum Gasteiger partial charge on any atom is 0.407 e. The van der Waals surface area contributed by atoms with E-state index in [4.69, 9.17) is 4.74 Å². The Morgan fingerprint density at radius 1 is 0.971 bits per heavy atom. The van der Waals surface area contributed by atoms with Crippen molar-refractivity contribution in [2.45, 2.75) is 44.1 Å².